The third-order valence-corrected chi connectivity index (χ3v) is 6.28. The van der Waals surface area contributed by atoms with E-state index in [-0.39, 0.29) is 18.9 Å². The lowest BCUT2D eigenvalue weighted by atomic mass is 9.95. The first-order valence-electron chi connectivity index (χ1n) is 10.3. The molecule has 1 heterocycles. The largest absolute Gasteiger partial charge is 0.449 e. The topological polar surface area (TPSA) is 99.5 Å². The molecule has 1 aliphatic rings. The van der Waals surface area contributed by atoms with Gasteiger partial charge in [-0.15, -0.1) is 11.3 Å². The molecule has 0 unspecified atom stereocenters. The zero-order valence-corrected chi connectivity index (χ0v) is 18.5. The van der Waals surface area contributed by atoms with Gasteiger partial charge in [0.05, 0.1) is 18.1 Å². The number of fused-ring (bicyclic) bond motifs is 1. The first-order chi connectivity index (χ1) is 14.9. The predicted molar refractivity (Wildman–Crippen MR) is 119 cm³/mol. The summed E-state index contributed by atoms with van der Waals surface area (Å²) in [6, 6.07) is 11.0. The van der Waals surface area contributed by atoms with E-state index in [0.717, 1.165) is 36.1 Å². The van der Waals surface area contributed by atoms with Gasteiger partial charge in [0.25, 0.3) is 5.91 Å². The summed E-state index contributed by atoms with van der Waals surface area (Å²) >= 11 is 1.40. The van der Waals surface area contributed by atoms with Crippen molar-refractivity contribution >= 4 is 39.8 Å². The molecule has 0 fully saturated rings. The molecule has 2 aromatic rings. The Morgan fingerprint density at radius 3 is 2.61 bits per heavy atom. The zero-order chi connectivity index (χ0) is 22.4. The van der Waals surface area contributed by atoms with Crippen LogP contribution in [0.4, 0.5) is 10.7 Å². The number of thiophene rings is 1. The molecule has 0 aliphatic heterocycles. The highest BCUT2D eigenvalue weighted by atomic mass is 32.1. The molecule has 2 amide bonds. The quantitative estimate of drug-likeness (QED) is 0.656. The number of para-hydroxylation sites is 1. The Bertz CT molecular complexity index is 1010. The molecular formula is C23H25N3O4S. The summed E-state index contributed by atoms with van der Waals surface area (Å²) in [4.78, 5) is 40.3. The summed E-state index contributed by atoms with van der Waals surface area (Å²) in [7, 11) is 0. The van der Waals surface area contributed by atoms with E-state index in [4.69, 9.17) is 10.00 Å². The van der Waals surface area contributed by atoms with Crippen molar-refractivity contribution < 1.29 is 19.1 Å². The fraction of sp³-hybridized carbons (Fsp3) is 0.391. The maximum atomic E-state index is 13.1. The third kappa shape index (κ3) is 5.30. The zero-order valence-electron chi connectivity index (χ0n) is 17.6. The molecule has 3 rings (SSSR count). The van der Waals surface area contributed by atoms with E-state index in [0.29, 0.717) is 16.3 Å². The average Bonchev–Trinajstić information content (AvgIpc) is 3.11. The standard InChI is InChI=1S/C23H25N3O4S/c1-15(22(28)26(14-8-13-24)17-9-4-3-5-10-17)30-23(29)20-18-11-6-7-12-19(18)31-21(20)25-16(2)27/h3-5,9-10,15H,6-8,11-12,14H2,1-2H3,(H,25,27)/t15-/m0/s1. The van der Waals surface area contributed by atoms with Crippen molar-refractivity contribution in [3.63, 3.8) is 0 Å². The third-order valence-electron chi connectivity index (χ3n) is 5.08. The summed E-state index contributed by atoms with van der Waals surface area (Å²) in [5.41, 5.74) is 1.91. The van der Waals surface area contributed by atoms with Crippen LogP contribution in [0.3, 0.4) is 0 Å². The summed E-state index contributed by atoms with van der Waals surface area (Å²) in [5.74, 6) is -1.28. The molecule has 162 valence electrons. The van der Waals surface area contributed by atoms with Crippen molar-refractivity contribution in [3.8, 4) is 6.07 Å². The Labute approximate surface area is 185 Å². The van der Waals surface area contributed by atoms with Crippen LogP contribution in [0, 0.1) is 11.3 Å². The summed E-state index contributed by atoms with van der Waals surface area (Å²) in [6.45, 7) is 3.12. The van der Waals surface area contributed by atoms with Gasteiger partial charge in [-0.2, -0.15) is 5.26 Å². The van der Waals surface area contributed by atoms with Gasteiger partial charge in [0.15, 0.2) is 6.10 Å². The van der Waals surface area contributed by atoms with Crippen LogP contribution in [0.25, 0.3) is 0 Å². The van der Waals surface area contributed by atoms with Gasteiger partial charge in [0, 0.05) is 24.0 Å². The van der Waals surface area contributed by atoms with Gasteiger partial charge in [0.1, 0.15) is 5.00 Å². The molecular weight excluding hydrogens is 414 g/mol. The molecule has 0 saturated carbocycles. The van der Waals surface area contributed by atoms with Gasteiger partial charge in [-0.05, 0) is 50.3 Å². The Morgan fingerprint density at radius 1 is 1.23 bits per heavy atom. The number of nitriles is 1. The number of nitrogens with one attached hydrogen (secondary N) is 1. The Kier molecular flexibility index (Phi) is 7.42. The van der Waals surface area contributed by atoms with Crippen LogP contribution < -0.4 is 10.2 Å². The molecule has 8 heteroatoms. The van der Waals surface area contributed by atoms with E-state index in [9.17, 15) is 14.4 Å². The Balaban J connectivity index is 1.82. The smallest absolute Gasteiger partial charge is 0.342 e. The number of hydrogen-bond acceptors (Lipinski definition) is 6. The average molecular weight is 440 g/mol. The second kappa shape index (κ2) is 10.2. The number of benzene rings is 1. The number of nitrogens with zero attached hydrogens (tertiary/aromatic N) is 2. The number of carbonyl (C=O) groups is 3. The van der Waals surface area contributed by atoms with Crippen LogP contribution in [0.5, 0.6) is 0 Å². The van der Waals surface area contributed by atoms with E-state index in [1.54, 1.807) is 24.3 Å². The second-order valence-electron chi connectivity index (χ2n) is 7.38. The van der Waals surface area contributed by atoms with Crippen molar-refractivity contribution in [1.82, 2.24) is 0 Å². The molecule has 0 bridgehead atoms. The lowest BCUT2D eigenvalue weighted by molar-refractivity contribution is -0.126. The number of ether oxygens (including phenoxy) is 1. The normalized spacial score (nSPS) is 13.5. The minimum Gasteiger partial charge on any atom is -0.449 e. The Morgan fingerprint density at radius 2 is 1.94 bits per heavy atom. The van der Waals surface area contributed by atoms with Crippen LogP contribution in [0.2, 0.25) is 0 Å². The van der Waals surface area contributed by atoms with Gasteiger partial charge < -0.3 is 15.0 Å². The summed E-state index contributed by atoms with van der Waals surface area (Å²) in [6.07, 6.45) is 2.73. The lowest BCUT2D eigenvalue weighted by Crippen LogP contribution is -2.40. The van der Waals surface area contributed by atoms with E-state index in [2.05, 4.69) is 5.32 Å². The van der Waals surface area contributed by atoms with Crippen LogP contribution in [0.15, 0.2) is 30.3 Å². The molecule has 1 aliphatic carbocycles. The van der Waals surface area contributed by atoms with E-state index in [1.807, 2.05) is 12.1 Å². The molecule has 1 atom stereocenters. The minimum atomic E-state index is -1.05. The first-order valence-corrected chi connectivity index (χ1v) is 11.1. The molecule has 1 aromatic heterocycles. The van der Waals surface area contributed by atoms with Crippen LogP contribution in [-0.2, 0) is 27.2 Å². The number of hydrogen-bond donors (Lipinski definition) is 1. The van der Waals surface area contributed by atoms with Crippen LogP contribution in [0.1, 0.15) is 53.9 Å². The maximum absolute atomic E-state index is 13.1. The number of anilines is 2. The van der Waals surface area contributed by atoms with Crippen molar-refractivity contribution in [2.45, 2.75) is 52.1 Å². The van der Waals surface area contributed by atoms with Gasteiger partial charge in [-0.1, -0.05) is 18.2 Å². The second-order valence-corrected chi connectivity index (χ2v) is 8.48. The highest BCUT2D eigenvalue weighted by Crippen LogP contribution is 2.38. The molecule has 1 aromatic carbocycles. The number of carbonyl (C=O) groups excluding carboxylic acids is 3. The highest BCUT2D eigenvalue weighted by molar-refractivity contribution is 7.17. The number of aryl methyl sites for hydroxylation is 1. The number of esters is 1. The number of amides is 2. The Hall–Kier alpha value is -3.18. The monoisotopic (exact) mass is 439 g/mol. The van der Waals surface area contributed by atoms with E-state index >= 15 is 0 Å². The fourth-order valence-corrected chi connectivity index (χ4v) is 4.98. The van der Waals surface area contributed by atoms with Gasteiger partial charge in [0.2, 0.25) is 5.91 Å². The lowest BCUT2D eigenvalue weighted by Gasteiger charge is -2.25. The molecule has 7 nitrogen and oxygen atoms in total. The van der Waals surface area contributed by atoms with E-state index < -0.39 is 18.0 Å². The van der Waals surface area contributed by atoms with Crippen molar-refractivity contribution in [2.24, 2.45) is 0 Å². The van der Waals surface area contributed by atoms with Gasteiger partial charge >= 0.3 is 5.97 Å². The van der Waals surface area contributed by atoms with Crippen molar-refractivity contribution in [1.29, 1.82) is 5.26 Å². The SMILES string of the molecule is CC(=O)Nc1sc2c(c1C(=O)O[C@@H](C)C(=O)N(CCC#N)c1ccccc1)CCCC2. The summed E-state index contributed by atoms with van der Waals surface area (Å²) in [5, 5.41) is 12.2. The van der Waals surface area contributed by atoms with Gasteiger partial charge in [-0.25, -0.2) is 4.79 Å². The predicted octanol–water partition coefficient (Wildman–Crippen LogP) is 4.08. The number of rotatable bonds is 7. The maximum Gasteiger partial charge on any atom is 0.342 e. The van der Waals surface area contributed by atoms with E-state index in [1.165, 1.54) is 30.1 Å². The minimum absolute atomic E-state index is 0.159. The molecule has 0 spiro atoms. The molecule has 0 saturated heterocycles. The highest BCUT2D eigenvalue weighted by Gasteiger charge is 2.31. The van der Waals surface area contributed by atoms with Crippen molar-refractivity contribution in [2.75, 3.05) is 16.8 Å². The van der Waals surface area contributed by atoms with Crippen LogP contribution >= 0.6 is 11.3 Å². The molecule has 31 heavy (non-hydrogen) atoms. The van der Waals surface area contributed by atoms with Gasteiger partial charge in [-0.3, -0.25) is 9.59 Å². The van der Waals surface area contributed by atoms with Crippen molar-refractivity contribution in [3.05, 3.63) is 46.3 Å². The fourth-order valence-electron chi connectivity index (χ4n) is 3.66. The first kappa shape index (κ1) is 22.5. The molecule has 0 radical (unpaired) electrons. The summed E-state index contributed by atoms with van der Waals surface area (Å²) < 4.78 is 5.57. The molecule has 1 N–H and O–H groups in total. The van der Waals surface area contributed by atoms with Crippen LogP contribution in [-0.4, -0.2) is 30.4 Å².